The minimum atomic E-state index is 0. The van der Waals surface area contributed by atoms with Crippen LogP contribution in [0.15, 0.2) is 0 Å². The third kappa shape index (κ3) is 10.9. The predicted molar refractivity (Wildman–Crippen MR) is 7.23 cm³/mol. The fourth-order valence-electron chi connectivity index (χ4n) is 0. The first-order valence-corrected chi connectivity index (χ1v) is 0. The van der Waals surface area contributed by atoms with Gasteiger partial charge in [-0.15, -0.1) is 0 Å². The molecule has 0 aromatic heterocycles. The average Bonchev–Trinajstić information content (AvgIpc) is 0. The summed E-state index contributed by atoms with van der Waals surface area (Å²) in [5.41, 5.74) is 0. The van der Waals surface area contributed by atoms with Gasteiger partial charge < -0.3 is 11.0 Å². The SMILES string of the molecule is O.O.[Au].[Cu]. The summed E-state index contributed by atoms with van der Waals surface area (Å²) in [5, 5.41) is 0. The summed E-state index contributed by atoms with van der Waals surface area (Å²) >= 11 is 0. The molecule has 0 heterocycles. The van der Waals surface area contributed by atoms with Gasteiger partial charge in [-0.25, -0.2) is 0 Å². The van der Waals surface area contributed by atoms with Gasteiger partial charge in [-0.2, -0.15) is 0 Å². The first-order valence-electron chi connectivity index (χ1n) is 0. The minimum Gasteiger partial charge on any atom is -0.412 e. The van der Waals surface area contributed by atoms with E-state index >= 15 is 0 Å². The number of hydrogen-bond donors (Lipinski definition) is 0. The smallest absolute Gasteiger partial charge is 0 e. The van der Waals surface area contributed by atoms with Crippen LogP contribution >= 0.6 is 0 Å². The summed E-state index contributed by atoms with van der Waals surface area (Å²) in [7, 11) is 0. The zero-order valence-electron chi connectivity index (χ0n) is 1.60. The Morgan fingerprint density at radius 2 is 0.750 bits per heavy atom. The molecule has 0 unspecified atom stereocenters. The Morgan fingerprint density at radius 1 is 0.750 bits per heavy atom. The van der Waals surface area contributed by atoms with E-state index in [0.29, 0.717) is 0 Å². The van der Waals surface area contributed by atoms with E-state index < -0.39 is 0 Å². The van der Waals surface area contributed by atoms with Crippen LogP contribution in [-0.4, -0.2) is 11.0 Å². The molecule has 0 amide bonds. The van der Waals surface area contributed by atoms with Crippen LogP contribution in [0.3, 0.4) is 0 Å². The van der Waals surface area contributed by atoms with Gasteiger partial charge in [-0.3, -0.25) is 0 Å². The minimum absolute atomic E-state index is 0. The van der Waals surface area contributed by atoms with E-state index in [1.165, 1.54) is 0 Å². The van der Waals surface area contributed by atoms with Crippen molar-refractivity contribution in [1.82, 2.24) is 0 Å². The summed E-state index contributed by atoms with van der Waals surface area (Å²) < 4.78 is 0. The van der Waals surface area contributed by atoms with Gasteiger partial charge >= 0.3 is 0 Å². The van der Waals surface area contributed by atoms with Crippen LogP contribution < -0.4 is 0 Å². The first kappa shape index (κ1) is 65.0. The predicted octanol–water partition coefficient (Wildman–Crippen LogP) is -1.65. The van der Waals surface area contributed by atoms with Crippen LogP contribution in [0.25, 0.3) is 0 Å². The van der Waals surface area contributed by atoms with Crippen LogP contribution in [0.1, 0.15) is 0 Å². The molecule has 0 saturated carbocycles. The van der Waals surface area contributed by atoms with Crippen molar-refractivity contribution in [3.63, 3.8) is 0 Å². The van der Waals surface area contributed by atoms with Crippen LogP contribution in [0.4, 0.5) is 0 Å². The van der Waals surface area contributed by atoms with Crippen molar-refractivity contribution in [1.29, 1.82) is 0 Å². The molecular formula is H4AuCuO2. The topological polar surface area (TPSA) is 63.0 Å². The van der Waals surface area contributed by atoms with Crippen molar-refractivity contribution in [3.8, 4) is 0 Å². The first-order chi connectivity index (χ1) is 0. The van der Waals surface area contributed by atoms with Gasteiger partial charge in [-0.05, 0) is 0 Å². The molecule has 0 saturated heterocycles. The Kier molecular flexibility index (Phi) is 494. The molecule has 0 atom stereocenters. The monoisotopic (exact) mass is 296 g/mol. The van der Waals surface area contributed by atoms with E-state index in [-0.39, 0.29) is 50.4 Å². The molecule has 2 radical (unpaired) electrons. The van der Waals surface area contributed by atoms with E-state index in [2.05, 4.69) is 0 Å². The second-order valence-electron chi connectivity index (χ2n) is 0. The van der Waals surface area contributed by atoms with Gasteiger partial charge in [0.25, 0.3) is 0 Å². The maximum absolute atomic E-state index is 0. The molecule has 0 fully saturated rings. The third-order valence-electron chi connectivity index (χ3n) is 0. The Hall–Kier alpha value is 1.18. The molecule has 0 aliphatic heterocycles. The molecule has 0 spiro atoms. The molecule has 0 bridgehead atoms. The molecule has 0 aliphatic rings. The van der Waals surface area contributed by atoms with Gasteiger partial charge in [0.2, 0.25) is 0 Å². The summed E-state index contributed by atoms with van der Waals surface area (Å²) in [6, 6.07) is 0. The quantitative estimate of drug-likeness (QED) is 0.481. The van der Waals surface area contributed by atoms with Gasteiger partial charge in [0.05, 0.1) is 0 Å². The van der Waals surface area contributed by atoms with Gasteiger partial charge in [0.1, 0.15) is 0 Å². The van der Waals surface area contributed by atoms with Crippen molar-refractivity contribution in [2.75, 3.05) is 0 Å². The normalized spacial score (nSPS) is 0. The Morgan fingerprint density at radius 3 is 0.750 bits per heavy atom. The number of hydrogen-bond acceptors (Lipinski definition) is 0. The Balaban J connectivity index is 0. The van der Waals surface area contributed by atoms with Crippen molar-refractivity contribution < 1.29 is 50.4 Å². The summed E-state index contributed by atoms with van der Waals surface area (Å²) in [6.07, 6.45) is 0. The molecule has 4 heteroatoms. The van der Waals surface area contributed by atoms with Gasteiger partial charge in [0.15, 0.2) is 0 Å². The maximum Gasteiger partial charge on any atom is 0 e. The fourth-order valence-corrected chi connectivity index (χ4v) is 0. The van der Waals surface area contributed by atoms with Crippen LogP contribution in [-0.2, 0) is 39.4 Å². The Bertz CT molecular complexity index is 6.00. The van der Waals surface area contributed by atoms with E-state index in [9.17, 15) is 0 Å². The van der Waals surface area contributed by atoms with Gasteiger partial charge in [-0.1, -0.05) is 0 Å². The fraction of sp³-hybridized carbons (Fsp3) is 0. The van der Waals surface area contributed by atoms with Crippen LogP contribution in [0.2, 0.25) is 0 Å². The van der Waals surface area contributed by atoms with Crippen molar-refractivity contribution in [3.05, 3.63) is 0 Å². The molecular weight excluding hydrogens is 293 g/mol. The second-order valence-corrected chi connectivity index (χ2v) is 0. The summed E-state index contributed by atoms with van der Waals surface area (Å²) in [4.78, 5) is 0. The standard InChI is InChI=1S/Au.Cu.2H2O/h;;2*1H2. The third-order valence-corrected chi connectivity index (χ3v) is 0. The largest absolute Gasteiger partial charge is 0.412 e. The number of rotatable bonds is 0. The van der Waals surface area contributed by atoms with Crippen molar-refractivity contribution >= 4 is 0 Å². The van der Waals surface area contributed by atoms with Gasteiger partial charge in [0, 0.05) is 39.4 Å². The average molecular weight is 297 g/mol. The summed E-state index contributed by atoms with van der Waals surface area (Å²) in [5.74, 6) is 0. The van der Waals surface area contributed by atoms with E-state index in [0.717, 1.165) is 0 Å². The molecule has 0 rings (SSSR count). The second kappa shape index (κ2) is 30.4. The molecule has 4 heavy (non-hydrogen) atoms. The maximum atomic E-state index is 0. The molecule has 38 valence electrons. The zero-order chi connectivity index (χ0) is 0. The van der Waals surface area contributed by atoms with E-state index in [1.54, 1.807) is 0 Å². The van der Waals surface area contributed by atoms with Crippen molar-refractivity contribution in [2.45, 2.75) is 0 Å². The molecule has 0 aromatic rings. The molecule has 0 aromatic carbocycles. The van der Waals surface area contributed by atoms with Crippen LogP contribution in [0, 0.1) is 0 Å². The molecule has 0 aliphatic carbocycles. The zero-order valence-corrected chi connectivity index (χ0v) is 4.71. The van der Waals surface area contributed by atoms with Crippen LogP contribution in [0.5, 0.6) is 0 Å². The molecule has 2 nitrogen and oxygen atoms in total. The van der Waals surface area contributed by atoms with E-state index in [4.69, 9.17) is 0 Å². The van der Waals surface area contributed by atoms with E-state index in [1.807, 2.05) is 0 Å². The molecule has 4 N–H and O–H groups in total. The Labute approximate surface area is 50.6 Å². The van der Waals surface area contributed by atoms with Crippen molar-refractivity contribution in [2.24, 2.45) is 0 Å². The summed E-state index contributed by atoms with van der Waals surface area (Å²) in [6.45, 7) is 0.